The molecule has 0 aliphatic carbocycles. The van der Waals surface area contributed by atoms with Crippen molar-refractivity contribution in [1.29, 1.82) is 0 Å². The summed E-state index contributed by atoms with van der Waals surface area (Å²) in [5.41, 5.74) is 0. The summed E-state index contributed by atoms with van der Waals surface area (Å²) in [6, 6.07) is 0.576. The minimum Gasteiger partial charge on any atom is -0.375 e. The normalized spacial score (nSPS) is 25.0. The Balaban J connectivity index is 2.45. The highest BCUT2D eigenvalue weighted by atomic mass is 16.5. The molecule has 4 heteroatoms. The lowest BCUT2D eigenvalue weighted by Gasteiger charge is -2.38. The molecule has 1 amide bonds. The van der Waals surface area contributed by atoms with E-state index in [0.29, 0.717) is 12.0 Å². The predicted molar refractivity (Wildman–Crippen MR) is 68.9 cm³/mol. The first-order valence-electron chi connectivity index (χ1n) is 6.73. The van der Waals surface area contributed by atoms with E-state index in [4.69, 9.17) is 4.74 Å². The molecule has 1 fully saturated rings. The minimum absolute atomic E-state index is 0.125. The van der Waals surface area contributed by atoms with Gasteiger partial charge in [0.15, 0.2) is 0 Å². The van der Waals surface area contributed by atoms with E-state index >= 15 is 0 Å². The molecule has 0 bridgehead atoms. The first-order chi connectivity index (χ1) is 8.22. The van der Waals surface area contributed by atoms with E-state index in [2.05, 4.69) is 19.2 Å². The molecule has 4 nitrogen and oxygen atoms in total. The summed E-state index contributed by atoms with van der Waals surface area (Å²) >= 11 is 0. The molecule has 2 atom stereocenters. The number of ether oxygens (including phenoxy) is 1. The second-order valence-electron chi connectivity index (χ2n) is 4.79. The molecule has 0 saturated carbocycles. The number of carbonyl (C=O) groups excluding carboxylic acids is 1. The van der Waals surface area contributed by atoms with E-state index < -0.39 is 0 Å². The lowest BCUT2D eigenvalue weighted by Crippen LogP contribution is -2.51. The van der Waals surface area contributed by atoms with Gasteiger partial charge in [-0.05, 0) is 25.3 Å². The van der Waals surface area contributed by atoms with Crippen molar-refractivity contribution in [2.45, 2.75) is 39.2 Å². The topological polar surface area (TPSA) is 41.6 Å². The number of hydrogen-bond acceptors (Lipinski definition) is 3. The molecule has 2 unspecified atom stereocenters. The number of nitrogens with one attached hydrogen (secondary N) is 1. The van der Waals surface area contributed by atoms with E-state index in [1.807, 2.05) is 4.90 Å². The predicted octanol–water partition coefficient (Wildman–Crippen LogP) is 1.26. The fraction of sp³-hybridized carbons (Fsp3) is 0.923. The van der Waals surface area contributed by atoms with Crippen LogP contribution < -0.4 is 5.32 Å². The molecule has 1 saturated heterocycles. The quantitative estimate of drug-likeness (QED) is 0.762. The average molecular weight is 242 g/mol. The standard InChI is InChI=1S/C13H26N2O2/c1-4-7-14-12-6-8-15(9-11(12)5-2)13(16)10-17-3/h11-12,14H,4-10H2,1-3H3. The van der Waals surface area contributed by atoms with Crippen molar-refractivity contribution in [1.82, 2.24) is 10.2 Å². The second kappa shape index (κ2) is 7.67. The van der Waals surface area contributed by atoms with Crippen LogP contribution in [0.4, 0.5) is 0 Å². The Labute approximate surface area is 105 Å². The Morgan fingerprint density at radius 1 is 1.47 bits per heavy atom. The summed E-state index contributed by atoms with van der Waals surface area (Å²) in [5, 5.41) is 3.59. The molecule has 100 valence electrons. The van der Waals surface area contributed by atoms with Gasteiger partial charge >= 0.3 is 0 Å². The maximum Gasteiger partial charge on any atom is 0.248 e. The molecule has 0 radical (unpaired) electrons. The van der Waals surface area contributed by atoms with Crippen LogP contribution >= 0.6 is 0 Å². The summed E-state index contributed by atoms with van der Waals surface area (Å²) in [6.45, 7) is 7.41. The third-order valence-electron chi connectivity index (χ3n) is 3.54. The fourth-order valence-electron chi connectivity index (χ4n) is 2.49. The zero-order valence-corrected chi connectivity index (χ0v) is 11.4. The number of nitrogens with zero attached hydrogens (tertiary/aromatic N) is 1. The maximum atomic E-state index is 11.8. The van der Waals surface area contributed by atoms with Gasteiger partial charge in [0.25, 0.3) is 0 Å². The Kier molecular flexibility index (Phi) is 6.52. The lowest BCUT2D eigenvalue weighted by molar-refractivity contribution is -0.137. The van der Waals surface area contributed by atoms with Gasteiger partial charge in [-0.2, -0.15) is 0 Å². The van der Waals surface area contributed by atoms with Gasteiger partial charge in [0, 0.05) is 26.2 Å². The number of piperidine rings is 1. The van der Waals surface area contributed by atoms with Crippen molar-refractivity contribution >= 4 is 5.91 Å². The van der Waals surface area contributed by atoms with Crippen LogP contribution in [0.25, 0.3) is 0 Å². The van der Waals surface area contributed by atoms with Crippen molar-refractivity contribution in [3.63, 3.8) is 0 Å². The van der Waals surface area contributed by atoms with Gasteiger partial charge in [-0.3, -0.25) is 4.79 Å². The molecule has 0 aromatic rings. The molecule has 1 heterocycles. The van der Waals surface area contributed by atoms with Crippen LogP contribution in [0.5, 0.6) is 0 Å². The summed E-state index contributed by atoms with van der Waals surface area (Å²) in [6.07, 6.45) is 3.35. The number of rotatable bonds is 6. The van der Waals surface area contributed by atoms with E-state index in [0.717, 1.165) is 32.5 Å². The van der Waals surface area contributed by atoms with E-state index in [9.17, 15) is 4.79 Å². The lowest BCUT2D eigenvalue weighted by atomic mass is 9.89. The van der Waals surface area contributed by atoms with Crippen molar-refractivity contribution in [3.8, 4) is 0 Å². The fourth-order valence-corrected chi connectivity index (χ4v) is 2.49. The number of hydrogen-bond donors (Lipinski definition) is 1. The van der Waals surface area contributed by atoms with Gasteiger partial charge in [-0.1, -0.05) is 20.3 Å². The SMILES string of the molecule is CCCNC1CCN(C(=O)COC)CC1CC. The Hall–Kier alpha value is -0.610. The highest BCUT2D eigenvalue weighted by Crippen LogP contribution is 2.20. The molecule has 1 N–H and O–H groups in total. The summed E-state index contributed by atoms with van der Waals surface area (Å²) in [5.74, 6) is 0.705. The monoisotopic (exact) mass is 242 g/mol. The van der Waals surface area contributed by atoms with Gasteiger partial charge in [0.1, 0.15) is 6.61 Å². The van der Waals surface area contributed by atoms with Crippen LogP contribution in [0.3, 0.4) is 0 Å². The highest BCUT2D eigenvalue weighted by molar-refractivity contribution is 5.77. The number of amides is 1. The first kappa shape index (κ1) is 14.5. The van der Waals surface area contributed by atoms with E-state index in [1.54, 1.807) is 7.11 Å². The van der Waals surface area contributed by atoms with Gasteiger partial charge in [-0.15, -0.1) is 0 Å². The largest absolute Gasteiger partial charge is 0.375 e. The van der Waals surface area contributed by atoms with Gasteiger partial charge < -0.3 is 15.0 Å². The Bertz CT molecular complexity index is 233. The summed E-state index contributed by atoms with van der Waals surface area (Å²) in [7, 11) is 1.57. The molecule has 1 aliphatic rings. The van der Waals surface area contributed by atoms with Crippen molar-refractivity contribution in [2.75, 3.05) is 33.4 Å². The first-order valence-corrected chi connectivity index (χ1v) is 6.73. The van der Waals surface area contributed by atoms with Gasteiger partial charge in [0.05, 0.1) is 0 Å². The van der Waals surface area contributed by atoms with Gasteiger partial charge in [0.2, 0.25) is 5.91 Å². The molecular weight excluding hydrogens is 216 g/mol. The smallest absolute Gasteiger partial charge is 0.248 e. The molecule has 1 rings (SSSR count). The van der Waals surface area contributed by atoms with Crippen LogP contribution in [0, 0.1) is 5.92 Å². The van der Waals surface area contributed by atoms with Crippen molar-refractivity contribution in [3.05, 3.63) is 0 Å². The maximum absolute atomic E-state index is 11.8. The van der Waals surface area contributed by atoms with Crippen LogP contribution in [-0.2, 0) is 9.53 Å². The zero-order valence-electron chi connectivity index (χ0n) is 11.4. The molecule has 0 aromatic carbocycles. The molecule has 17 heavy (non-hydrogen) atoms. The number of carbonyl (C=O) groups is 1. The van der Waals surface area contributed by atoms with Gasteiger partial charge in [-0.25, -0.2) is 0 Å². The van der Waals surface area contributed by atoms with E-state index in [1.165, 1.54) is 6.42 Å². The van der Waals surface area contributed by atoms with Crippen molar-refractivity contribution in [2.24, 2.45) is 5.92 Å². The van der Waals surface area contributed by atoms with Crippen molar-refractivity contribution < 1.29 is 9.53 Å². The van der Waals surface area contributed by atoms with Crippen LogP contribution in [-0.4, -0.2) is 50.2 Å². The number of likely N-dealkylation sites (tertiary alicyclic amines) is 1. The Morgan fingerprint density at radius 2 is 2.24 bits per heavy atom. The minimum atomic E-state index is 0.125. The molecule has 1 aliphatic heterocycles. The third-order valence-corrected chi connectivity index (χ3v) is 3.54. The average Bonchev–Trinajstić information content (AvgIpc) is 2.36. The molecular formula is C13H26N2O2. The summed E-state index contributed by atoms with van der Waals surface area (Å²) < 4.78 is 4.91. The van der Waals surface area contributed by atoms with Crippen LogP contribution in [0.2, 0.25) is 0 Å². The highest BCUT2D eigenvalue weighted by Gasteiger charge is 2.29. The van der Waals surface area contributed by atoms with E-state index in [-0.39, 0.29) is 12.5 Å². The summed E-state index contributed by atoms with van der Waals surface area (Å²) in [4.78, 5) is 13.7. The Morgan fingerprint density at radius 3 is 2.82 bits per heavy atom. The number of methoxy groups -OCH3 is 1. The van der Waals surface area contributed by atoms with Crippen LogP contribution in [0.1, 0.15) is 33.1 Å². The second-order valence-corrected chi connectivity index (χ2v) is 4.79. The van der Waals surface area contributed by atoms with Crippen LogP contribution in [0.15, 0.2) is 0 Å². The molecule has 0 spiro atoms. The molecule has 0 aromatic heterocycles. The zero-order chi connectivity index (χ0) is 12.7. The third kappa shape index (κ3) is 4.28.